The van der Waals surface area contributed by atoms with Crippen molar-refractivity contribution >= 4 is 17.3 Å². The van der Waals surface area contributed by atoms with Gasteiger partial charge in [-0.1, -0.05) is 0 Å². The average molecular weight is 356 g/mol. The third-order valence-electron chi connectivity index (χ3n) is 5.56. The number of nitrogens with zero attached hydrogens (tertiary/aromatic N) is 4. The molecule has 7 heteroatoms. The molecule has 4 rings (SSSR count). The number of ketones is 1. The second-order valence-electron chi connectivity index (χ2n) is 7.34. The van der Waals surface area contributed by atoms with Crippen LogP contribution >= 0.6 is 0 Å². The van der Waals surface area contributed by atoms with Gasteiger partial charge in [0.2, 0.25) is 5.91 Å². The van der Waals surface area contributed by atoms with E-state index in [4.69, 9.17) is 4.74 Å². The minimum atomic E-state index is 0.0913. The molecule has 1 atom stereocenters. The lowest BCUT2D eigenvalue weighted by molar-refractivity contribution is -0.127. The Morgan fingerprint density at radius 2 is 2.00 bits per heavy atom. The minimum absolute atomic E-state index is 0.0913. The molecule has 2 aliphatic heterocycles. The molecule has 1 unspecified atom stereocenters. The highest BCUT2D eigenvalue weighted by atomic mass is 16.5. The summed E-state index contributed by atoms with van der Waals surface area (Å²) in [6.45, 7) is 4.51. The first kappa shape index (κ1) is 17.1. The zero-order valence-corrected chi connectivity index (χ0v) is 15.1. The Bertz CT molecular complexity index is 825. The molecule has 0 spiro atoms. The summed E-state index contributed by atoms with van der Waals surface area (Å²) in [4.78, 5) is 26.1. The summed E-state index contributed by atoms with van der Waals surface area (Å²) in [5.74, 6) is 1.66. The van der Waals surface area contributed by atoms with Crippen molar-refractivity contribution in [2.45, 2.75) is 38.5 Å². The summed E-state index contributed by atoms with van der Waals surface area (Å²) in [7, 11) is 0. The smallest absolute Gasteiger partial charge is 0.219 e. The molecule has 0 radical (unpaired) electrons. The number of carbonyl (C=O) groups is 2. The Balaban J connectivity index is 1.54. The van der Waals surface area contributed by atoms with Gasteiger partial charge in [0, 0.05) is 57.3 Å². The van der Waals surface area contributed by atoms with Gasteiger partial charge in [-0.2, -0.15) is 0 Å². The predicted molar refractivity (Wildman–Crippen MR) is 95.1 cm³/mol. The SMILES string of the molecule is CC(=O)N1CCC(c2nnc3ccc(C(=O)CC4CCOCC4)cn23)C1. The van der Waals surface area contributed by atoms with Crippen molar-refractivity contribution in [3.05, 3.63) is 29.7 Å². The molecule has 0 aliphatic carbocycles. The number of hydrogen-bond donors (Lipinski definition) is 0. The van der Waals surface area contributed by atoms with Crippen LogP contribution in [-0.4, -0.2) is 57.5 Å². The van der Waals surface area contributed by atoms with E-state index in [-0.39, 0.29) is 17.6 Å². The van der Waals surface area contributed by atoms with Crippen LogP contribution in [0.15, 0.2) is 18.3 Å². The lowest BCUT2D eigenvalue weighted by atomic mass is 9.92. The van der Waals surface area contributed by atoms with E-state index in [0.717, 1.165) is 50.5 Å². The molecule has 0 saturated carbocycles. The topological polar surface area (TPSA) is 76.8 Å². The van der Waals surface area contributed by atoms with Gasteiger partial charge in [-0.3, -0.25) is 14.0 Å². The Labute approximate surface area is 152 Å². The van der Waals surface area contributed by atoms with Gasteiger partial charge in [-0.05, 0) is 37.3 Å². The Hall–Kier alpha value is -2.28. The molecule has 7 nitrogen and oxygen atoms in total. The van der Waals surface area contributed by atoms with E-state index in [2.05, 4.69) is 10.2 Å². The molecular formula is C19H24N4O3. The van der Waals surface area contributed by atoms with Gasteiger partial charge in [0.15, 0.2) is 11.4 Å². The van der Waals surface area contributed by atoms with Crippen LogP contribution in [0, 0.1) is 5.92 Å². The quantitative estimate of drug-likeness (QED) is 0.784. The van der Waals surface area contributed by atoms with Crippen molar-refractivity contribution < 1.29 is 14.3 Å². The van der Waals surface area contributed by atoms with E-state index in [1.54, 1.807) is 6.92 Å². The number of aromatic nitrogens is 3. The van der Waals surface area contributed by atoms with Gasteiger partial charge >= 0.3 is 0 Å². The maximum Gasteiger partial charge on any atom is 0.219 e. The molecular weight excluding hydrogens is 332 g/mol. The predicted octanol–water partition coefficient (Wildman–Crippen LogP) is 2.06. The van der Waals surface area contributed by atoms with Crippen LogP contribution in [0.1, 0.15) is 54.7 Å². The summed E-state index contributed by atoms with van der Waals surface area (Å²) < 4.78 is 7.29. The Morgan fingerprint density at radius 3 is 2.73 bits per heavy atom. The minimum Gasteiger partial charge on any atom is -0.381 e. The lowest BCUT2D eigenvalue weighted by Gasteiger charge is -2.21. The maximum absolute atomic E-state index is 12.7. The van der Waals surface area contributed by atoms with Crippen molar-refractivity contribution in [2.24, 2.45) is 5.92 Å². The fourth-order valence-electron chi connectivity index (χ4n) is 3.94. The maximum atomic E-state index is 12.7. The van der Waals surface area contributed by atoms with Crippen molar-refractivity contribution in [3.8, 4) is 0 Å². The molecule has 2 aliphatic rings. The molecule has 0 bridgehead atoms. The van der Waals surface area contributed by atoms with Gasteiger partial charge in [0.25, 0.3) is 0 Å². The number of Topliss-reactive ketones (excluding diaryl/α,β-unsaturated/α-hetero) is 1. The van der Waals surface area contributed by atoms with Crippen LogP contribution < -0.4 is 0 Å². The molecule has 2 fully saturated rings. The van der Waals surface area contributed by atoms with Gasteiger partial charge in [-0.25, -0.2) is 0 Å². The van der Waals surface area contributed by atoms with Gasteiger partial charge in [-0.15, -0.1) is 10.2 Å². The fraction of sp³-hybridized carbons (Fsp3) is 0.579. The van der Waals surface area contributed by atoms with Crippen LogP contribution in [0.2, 0.25) is 0 Å². The van der Waals surface area contributed by atoms with Crippen molar-refractivity contribution in [1.29, 1.82) is 0 Å². The second-order valence-corrected chi connectivity index (χ2v) is 7.34. The Kier molecular flexibility index (Phi) is 4.72. The molecule has 2 aromatic rings. The van der Waals surface area contributed by atoms with E-state index in [1.165, 1.54) is 0 Å². The number of pyridine rings is 1. The van der Waals surface area contributed by atoms with Crippen molar-refractivity contribution in [1.82, 2.24) is 19.5 Å². The lowest BCUT2D eigenvalue weighted by Crippen LogP contribution is -2.25. The summed E-state index contributed by atoms with van der Waals surface area (Å²) in [5.41, 5.74) is 1.44. The van der Waals surface area contributed by atoms with Crippen LogP contribution in [0.5, 0.6) is 0 Å². The van der Waals surface area contributed by atoms with E-state index in [1.807, 2.05) is 27.6 Å². The van der Waals surface area contributed by atoms with Crippen LogP contribution in [0.3, 0.4) is 0 Å². The number of rotatable bonds is 4. The van der Waals surface area contributed by atoms with Crippen LogP contribution in [0.25, 0.3) is 5.65 Å². The molecule has 0 N–H and O–H groups in total. The first-order chi connectivity index (χ1) is 12.6. The molecule has 2 aromatic heterocycles. The van der Waals surface area contributed by atoms with Gasteiger partial charge in [0.1, 0.15) is 5.82 Å². The number of hydrogen-bond acceptors (Lipinski definition) is 5. The zero-order chi connectivity index (χ0) is 18.1. The van der Waals surface area contributed by atoms with Crippen molar-refractivity contribution in [2.75, 3.05) is 26.3 Å². The standard InChI is InChI=1S/C19H24N4O3/c1-13(24)22-7-4-16(11-22)19-21-20-18-3-2-15(12-23(18)19)17(25)10-14-5-8-26-9-6-14/h2-3,12,14,16H,4-11H2,1H3. The summed E-state index contributed by atoms with van der Waals surface area (Å²) in [6, 6.07) is 3.69. The van der Waals surface area contributed by atoms with E-state index in [9.17, 15) is 9.59 Å². The largest absolute Gasteiger partial charge is 0.381 e. The number of amides is 1. The molecule has 26 heavy (non-hydrogen) atoms. The molecule has 138 valence electrons. The molecule has 1 amide bonds. The number of fused-ring (bicyclic) bond motifs is 1. The highest BCUT2D eigenvalue weighted by Gasteiger charge is 2.29. The van der Waals surface area contributed by atoms with E-state index in [0.29, 0.717) is 24.4 Å². The van der Waals surface area contributed by atoms with Crippen molar-refractivity contribution in [3.63, 3.8) is 0 Å². The first-order valence-electron chi connectivity index (χ1n) is 9.33. The molecule has 0 aromatic carbocycles. The summed E-state index contributed by atoms with van der Waals surface area (Å²) in [5, 5.41) is 8.57. The zero-order valence-electron chi connectivity index (χ0n) is 15.1. The normalized spacial score (nSPS) is 21.4. The van der Waals surface area contributed by atoms with Gasteiger partial charge < -0.3 is 9.64 Å². The van der Waals surface area contributed by atoms with Gasteiger partial charge in [0.05, 0.1) is 0 Å². The molecule has 4 heterocycles. The third kappa shape index (κ3) is 3.35. The highest BCUT2D eigenvalue weighted by molar-refractivity contribution is 5.96. The monoisotopic (exact) mass is 356 g/mol. The Morgan fingerprint density at radius 1 is 1.19 bits per heavy atom. The second kappa shape index (κ2) is 7.15. The number of likely N-dealkylation sites (tertiary alicyclic amines) is 1. The number of carbonyl (C=O) groups excluding carboxylic acids is 2. The van der Waals surface area contributed by atoms with Crippen LogP contribution in [0.4, 0.5) is 0 Å². The first-order valence-corrected chi connectivity index (χ1v) is 9.33. The summed E-state index contributed by atoms with van der Waals surface area (Å²) in [6.07, 6.45) is 5.21. The highest BCUT2D eigenvalue weighted by Crippen LogP contribution is 2.27. The van der Waals surface area contributed by atoms with E-state index < -0.39 is 0 Å². The third-order valence-corrected chi connectivity index (χ3v) is 5.56. The van der Waals surface area contributed by atoms with E-state index >= 15 is 0 Å². The number of ether oxygens (including phenoxy) is 1. The fourth-order valence-corrected chi connectivity index (χ4v) is 3.94. The average Bonchev–Trinajstić information content (AvgIpc) is 3.28. The summed E-state index contributed by atoms with van der Waals surface area (Å²) >= 11 is 0. The van der Waals surface area contributed by atoms with Crippen LogP contribution in [-0.2, 0) is 9.53 Å². The molecule has 2 saturated heterocycles.